The first-order valence-electron chi connectivity index (χ1n) is 8.13. The molecule has 2 N–H and O–H groups in total. The van der Waals surface area contributed by atoms with Gasteiger partial charge in [-0.1, -0.05) is 12.8 Å². The van der Waals surface area contributed by atoms with E-state index in [2.05, 4.69) is 11.4 Å². The number of likely N-dealkylation sites (N-methyl/N-ethyl adjacent to an activating group) is 1. The van der Waals surface area contributed by atoms with Gasteiger partial charge in [-0.05, 0) is 51.5 Å². The average Bonchev–Trinajstić information content (AvgIpc) is 2.90. The predicted octanol–water partition coefficient (Wildman–Crippen LogP) is 1.42. The zero-order valence-electron chi connectivity index (χ0n) is 13.0. The molecule has 5 nitrogen and oxygen atoms in total. The van der Waals surface area contributed by atoms with Gasteiger partial charge < -0.3 is 10.4 Å². The van der Waals surface area contributed by atoms with Gasteiger partial charge in [-0.2, -0.15) is 5.26 Å². The topological polar surface area (TPSA) is 76.4 Å². The summed E-state index contributed by atoms with van der Waals surface area (Å²) in [7, 11) is 1.91. The largest absolute Gasteiger partial charge is 0.393 e. The minimum absolute atomic E-state index is 0.0775. The second-order valence-electron chi connectivity index (χ2n) is 6.76. The molecule has 2 fully saturated rings. The Morgan fingerprint density at radius 1 is 1.33 bits per heavy atom. The Balaban J connectivity index is 1.78. The lowest BCUT2D eigenvalue weighted by Gasteiger charge is -2.31. The van der Waals surface area contributed by atoms with Crippen LogP contribution in [0.4, 0.5) is 0 Å². The molecular weight excluding hydrogens is 266 g/mol. The lowest BCUT2D eigenvalue weighted by atomic mass is 9.86. The molecule has 0 aromatic rings. The molecule has 0 aliphatic heterocycles. The van der Waals surface area contributed by atoms with Crippen molar-refractivity contribution in [2.75, 3.05) is 20.1 Å². The van der Waals surface area contributed by atoms with Crippen LogP contribution in [0.15, 0.2) is 0 Å². The Morgan fingerprint density at radius 3 is 2.62 bits per heavy atom. The maximum atomic E-state index is 12.1. The maximum Gasteiger partial charge on any atom is 0.235 e. The summed E-state index contributed by atoms with van der Waals surface area (Å²) in [5.74, 6) is 0.194. The number of aliphatic hydroxyl groups is 1. The number of hydrogen-bond acceptors (Lipinski definition) is 4. The van der Waals surface area contributed by atoms with Crippen molar-refractivity contribution in [2.45, 2.75) is 63.0 Å². The van der Waals surface area contributed by atoms with Crippen LogP contribution >= 0.6 is 0 Å². The first kappa shape index (κ1) is 16.3. The smallest absolute Gasteiger partial charge is 0.235 e. The van der Waals surface area contributed by atoms with Crippen molar-refractivity contribution in [3.63, 3.8) is 0 Å². The van der Waals surface area contributed by atoms with Crippen molar-refractivity contribution in [3.05, 3.63) is 0 Å². The molecule has 2 aliphatic carbocycles. The maximum absolute atomic E-state index is 12.1. The number of rotatable bonds is 5. The van der Waals surface area contributed by atoms with E-state index in [9.17, 15) is 15.2 Å². The standard InChI is InChI=1S/C16H27N3O2/c1-19(10-13-6-2-3-7-14(13)20)11-15(21)18-16(12-17)8-4-5-9-16/h13-14,20H,2-11H2,1H3,(H,18,21). The van der Waals surface area contributed by atoms with E-state index in [1.54, 1.807) is 0 Å². The number of nitriles is 1. The normalized spacial score (nSPS) is 28.3. The van der Waals surface area contributed by atoms with Gasteiger partial charge in [0.1, 0.15) is 5.54 Å². The Morgan fingerprint density at radius 2 is 2.00 bits per heavy atom. The summed E-state index contributed by atoms with van der Waals surface area (Å²) in [6.07, 6.45) is 7.50. The van der Waals surface area contributed by atoms with Crippen molar-refractivity contribution in [2.24, 2.45) is 5.92 Å². The lowest BCUT2D eigenvalue weighted by molar-refractivity contribution is -0.123. The first-order chi connectivity index (χ1) is 10.0. The molecule has 1 amide bonds. The van der Waals surface area contributed by atoms with Gasteiger partial charge in [-0.25, -0.2) is 0 Å². The van der Waals surface area contributed by atoms with E-state index in [-0.39, 0.29) is 17.9 Å². The van der Waals surface area contributed by atoms with Crippen LogP contribution < -0.4 is 5.32 Å². The highest BCUT2D eigenvalue weighted by Gasteiger charge is 2.35. The summed E-state index contributed by atoms with van der Waals surface area (Å²) in [6.45, 7) is 1.04. The monoisotopic (exact) mass is 293 g/mol. The number of hydrogen-bond donors (Lipinski definition) is 2. The van der Waals surface area contributed by atoms with Crippen LogP contribution in [0, 0.1) is 17.2 Å². The average molecular weight is 293 g/mol. The summed E-state index contributed by atoms with van der Waals surface area (Å²) < 4.78 is 0. The molecule has 118 valence electrons. The zero-order valence-corrected chi connectivity index (χ0v) is 13.0. The fraction of sp³-hybridized carbons (Fsp3) is 0.875. The van der Waals surface area contributed by atoms with Crippen molar-refractivity contribution < 1.29 is 9.90 Å². The highest BCUT2D eigenvalue weighted by Crippen LogP contribution is 2.29. The van der Waals surface area contributed by atoms with E-state index in [1.165, 1.54) is 6.42 Å². The highest BCUT2D eigenvalue weighted by molar-refractivity contribution is 5.79. The molecule has 0 aromatic carbocycles. The molecule has 0 spiro atoms. The van der Waals surface area contributed by atoms with Gasteiger partial charge in [0.05, 0.1) is 18.7 Å². The van der Waals surface area contributed by atoms with Crippen molar-refractivity contribution in [3.8, 4) is 6.07 Å². The predicted molar refractivity (Wildman–Crippen MR) is 80.4 cm³/mol. The molecule has 2 saturated carbocycles. The highest BCUT2D eigenvalue weighted by atomic mass is 16.3. The molecular formula is C16H27N3O2. The van der Waals surface area contributed by atoms with E-state index in [1.807, 2.05) is 11.9 Å². The van der Waals surface area contributed by atoms with Gasteiger partial charge in [0.2, 0.25) is 5.91 Å². The number of aliphatic hydroxyl groups excluding tert-OH is 1. The molecule has 2 unspecified atom stereocenters. The van der Waals surface area contributed by atoms with E-state index < -0.39 is 5.54 Å². The van der Waals surface area contributed by atoms with Gasteiger partial charge in [0.25, 0.3) is 0 Å². The summed E-state index contributed by atoms with van der Waals surface area (Å²) in [5.41, 5.74) is -0.637. The van der Waals surface area contributed by atoms with E-state index in [0.29, 0.717) is 6.54 Å². The van der Waals surface area contributed by atoms with Crippen LogP contribution in [-0.2, 0) is 4.79 Å². The molecule has 2 rings (SSSR count). The van der Waals surface area contributed by atoms with Crippen LogP contribution in [0.3, 0.4) is 0 Å². The van der Waals surface area contributed by atoms with E-state index in [4.69, 9.17) is 0 Å². The molecule has 0 bridgehead atoms. The van der Waals surface area contributed by atoms with Gasteiger partial charge in [-0.15, -0.1) is 0 Å². The molecule has 2 aliphatic rings. The van der Waals surface area contributed by atoms with Gasteiger partial charge in [0.15, 0.2) is 0 Å². The summed E-state index contributed by atoms with van der Waals surface area (Å²) in [6, 6.07) is 2.28. The molecule has 0 saturated heterocycles. The molecule has 0 heterocycles. The number of amides is 1. The number of carbonyl (C=O) groups excluding carboxylic acids is 1. The Kier molecular flexibility index (Phi) is 5.60. The second-order valence-corrected chi connectivity index (χ2v) is 6.76. The van der Waals surface area contributed by atoms with Crippen LogP contribution in [0.1, 0.15) is 51.4 Å². The van der Waals surface area contributed by atoms with Crippen molar-refractivity contribution in [1.29, 1.82) is 5.26 Å². The first-order valence-corrected chi connectivity index (χ1v) is 8.13. The van der Waals surface area contributed by atoms with Gasteiger partial charge in [-0.3, -0.25) is 9.69 Å². The number of nitrogens with zero attached hydrogens (tertiary/aromatic N) is 2. The fourth-order valence-electron chi connectivity index (χ4n) is 3.66. The SMILES string of the molecule is CN(CC(=O)NC1(C#N)CCCC1)CC1CCCCC1O. The van der Waals surface area contributed by atoms with Crippen LogP contribution in [-0.4, -0.2) is 47.7 Å². The van der Waals surface area contributed by atoms with Gasteiger partial charge >= 0.3 is 0 Å². The summed E-state index contributed by atoms with van der Waals surface area (Å²) in [4.78, 5) is 14.1. The minimum Gasteiger partial charge on any atom is -0.393 e. The van der Waals surface area contributed by atoms with Crippen molar-refractivity contribution in [1.82, 2.24) is 10.2 Å². The third-order valence-electron chi connectivity index (χ3n) is 4.88. The van der Waals surface area contributed by atoms with Crippen LogP contribution in [0.5, 0.6) is 0 Å². The molecule has 21 heavy (non-hydrogen) atoms. The quantitative estimate of drug-likeness (QED) is 0.804. The molecule has 0 radical (unpaired) electrons. The Labute approximate surface area is 127 Å². The number of carbonyl (C=O) groups is 1. The lowest BCUT2D eigenvalue weighted by Crippen LogP contribution is -2.49. The molecule has 2 atom stereocenters. The van der Waals surface area contributed by atoms with Gasteiger partial charge in [0, 0.05) is 6.54 Å². The third-order valence-corrected chi connectivity index (χ3v) is 4.88. The molecule has 5 heteroatoms. The molecule has 0 aromatic heterocycles. The second kappa shape index (κ2) is 7.24. The minimum atomic E-state index is -0.637. The fourth-order valence-corrected chi connectivity index (χ4v) is 3.66. The van der Waals surface area contributed by atoms with Crippen molar-refractivity contribution >= 4 is 5.91 Å². The van der Waals surface area contributed by atoms with Crippen LogP contribution in [0.2, 0.25) is 0 Å². The number of nitrogens with one attached hydrogen (secondary N) is 1. The Bertz CT molecular complexity index is 399. The Hall–Kier alpha value is -1.12. The van der Waals surface area contributed by atoms with E-state index >= 15 is 0 Å². The zero-order chi connectivity index (χ0) is 15.3. The summed E-state index contributed by atoms with van der Waals surface area (Å²) >= 11 is 0. The third kappa shape index (κ3) is 4.42. The summed E-state index contributed by atoms with van der Waals surface area (Å²) in [5, 5.41) is 22.2. The van der Waals surface area contributed by atoms with E-state index in [0.717, 1.165) is 51.5 Å². The van der Waals surface area contributed by atoms with Crippen LogP contribution in [0.25, 0.3) is 0 Å².